The molecular weight excluding hydrogens is 414 g/mol. The molecule has 0 atom stereocenters. The van der Waals surface area contributed by atoms with E-state index in [0.29, 0.717) is 11.3 Å². The zero-order valence-electron chi connectivity index (χ0n) is 17.1. The van der Waals surface area contributed by atoms with Gasteiger partial charge in [-0.3, -0.25) is 4.79 Å². The lowest BCUT2D eigenvalue weighted by atomic mass is 10.2. The van der Waals surface area contributed by atoms with Crippen molar-refractivity contribution in [3.63, 3.8) is 0 Å². The number of hydrogen-bond donors (Lipinski definition) is 3. The Morgan fingerprint density at radius 2 is 1.55 bits per heavy atom. The van der Waals surface area contributed by atoms with Gasteiger partial charge in [-0.2, -0.15) is 0 Å². The number of carbonyl (C=O) groups is 1. The van der Waals surface area contributed by atoms with Crippen LogP contribution < -0.4 is 20.1 Å². The smallest absolute Gasteiger partial charge is 0.248 e. The van der Waals surface area contributed by atoms with E-state index in [0.717, 1.165) is 11.4 Å². The standard InChI is InChI=1S/C23H23N3O4S/c1-24-31(28,29)22-16-17(8-14-21(22)30-2)9-15-23(27)26-20-12-10-19(11-13-20)25-18-6-4-3-5-7-18/h3-16,24-25H,1-2H3,(H,26,27)/b15-9+. The number of ether oxygens (including phenoxy) is 1. The van der Waals surface area contributed by atoms with Gasteiger partial charge in [0, 0.05) is 23.1 Å². The molecule has 0 saturated carbocycles. The first-order valence-corrected chi connectivity index (χ1v) is 10.9. The van der Waals surface area contributed by atoms with Crippen molar-refractivity contribution in [3.8, 4) is 5.75 Å². The molecule has 160 valence electrons. The van der Waals surface area contributed by atoms with Crippen LogP contribution in [0.5, 0.6) is 5.75 Å². The monoisotopic (exact) mass is 437 g/mol. The summed E-state index contributed by atoms with van der Waals surface area (Å²) in [6.45, 7) is 0. The number of benzene rings is 3. The number of para-hydroxylation sites is 1. The second-order valence-electron chi connectivity index (χ2n) is 6.51. The molecule has 3 aromatic carbocycles. The van der Waals surface area contributed by atoms with E-state index in [1.807, 2.05) is 42.5 Å². The van der Waals surface area contributed by atoms with Crippen LogP contribution in [0.3, 0.4) is 0 Å². The fourth-order valence-corrected chi connectivity index (χ4v) is 3.73. The highest BCUT2D eigenvalue weighted by Crippen LogP contribution is 2.25. The fraction of sp³-hybridized carbons (Fsp3) is 0.0870. The highest BCUT2D eigenvalue weighted by Gasteiger charge is 2.17. The molecule has 0 aliphatic carbocycles. The summed E-state index contributed by atoms with van der Waals surface area (Å²) < 4.78 is 31.7. The zero-order chi connectivity index (χ0) is 22.3. The van der Waals surface area contributed by atoms with Gasteiger partial charge >= 0.3 is 0 Å². The number of sulfonamides is 1. The Morgan fingerprint density at radius 1 is 0.903 bits per heavy atom. The van der Waals surface area contributed by atoms with Crippen molar-refractivity contribution in [2.24, 2.45) is 0 Å². The summed E-state index contributed by atoms with van der Waals surface area (Å²) in [6.07, 6.45) is 2.88. The van der Waals surface area contributed by atoms with E-state index in [4.69, 9.17) is 4.74 Å². The van der Waals surface area contributed by atoms with Crippen molar-refractivity contribution < 1.29 is 17.9 Å². The predicted octanol–water partition coefficient (Wildman–Crippen LogP) is 4.00. The van der Waals surface area contributed by atoms with Crippen LogP contribution in [0, 0.1) is 0 Å². The summed E-state index contributed by atoms with van der Waals surface area (Å²) in [7, 11) is -0.971. The number of carbonyl (C=O) groups excluding carboxylic acids is 1. The van der Waals surface area contributed by atoms with Crippen molar-refractivity contribution in [3.05, 3.63) is 84.4 Å². The van der Waals surface area contributed by atoms with Crippen LogP contribution in [0.15, 0.2) is 83.8 Å². The SMILES string of the molecule is CNS(=O)(=O)c1cc(/C=C/C(=O)Nc2ccc(Nc3ccccc3)cc2)ccc1OC. The van der Waals surface area contributed by atoms with Crippen LogP contribution in [0.1, 0.15) is 5.56 Å². The van der Waals surface area contributed by atoms with Gasteiger partial charge in [-0.05, 0) is 67.2 Å². The van der Waals surface area contributed by atoms with Gasteiger partial charge in [-0.25, -0.2) is 13.1 Å². The van der Waals surface area contributed by atoms with E-state index in [2.05, 4.69) is 15.4 Å². The molecular formula is C23H23N3O4S. The van der Waals surface area contributed by atoms with Gasteiger partial charge < -0.3 is 15.4 Å². The fourth-order valence-electron chi connectivity index (χ4n) is 2.80. The molecule has 0 saturated heterocycles. The van der Waals surface area contributed by atoms with Crippen LogP contribution in [-0.2, 0) is 14.8 Å². The number of hydrogen-bond acceptors (Lipinski definition) is 5. The lowest BCUT2D eigenvalue weighted by Crippen LogP contribution is -2.19. The maximum atomic E-state index is 12.3. The molecule has 31 heavy (non-hydrogen) atoms. The summed E-state index contributed by atoms with van der Waals surface area (Å²) in [5.41, 5.74) is 3.06. The number of methoxy groups -OCH3 is 1. The Balaban J connectivity index is 1.66. The van der Waals surface area contributed by atoms with Crippen molar-refractivity contribution in [1.29, 1.82) is 0 Å². The summed E-state index contributed by atoms with van der Waals surface area (Å²) in [5.74, 6) is -0.113. The molecule has 3 aromatic rings. The van der Waals surface area contributed by atoms with E-state index < -0.39 is 10.0 Å². The quantitative estimate of drug-likeness (QED) is 0.463. The van der Waals surface area contributed by atoms with E-state index in [9.17, 15) is 13.2 Å². The lowest BCUT2D eigenvalue weighted by Gasteiger charge is -2.09. The van der Waals surface area contributed by atoms with Crippen LogP contribution in [0.4, 0.5) is 17.1 Å². The number of nitrogens with one attached hydrogen (secondary N) is 3. The zero-order valence-corrected chi connectivity index (χ0v) is 17.9. The second kappa shape index (κ2) is 9.92. The predicted molar refractivity (Wildman–Crippen MR) is 123 cm³/mol. The molecule has 0 aromatic heterocycles. The van der Waals surface area contributed by atoms with Gasteiger partial charge in [0.05, 0.1) is 7.11 Å². The van der Waals surface area contributed by atoms with E-state index >= 15 is 0 Å². The molecule has 3 N–H and O–H groups in total. The maximum absolute atomic E-state index is 12.3. The maximum Gasteiger partial charge on any atom is 0.248 e. The summed E-state index contributed by atoms with van der Waals surface area (Å²) in [5, 5.41) is 6.04. The van der Waals surface area contributed by atoms with Crippen molar-refractivity contribution in [2.75, 3.05) is 24.8 Å². The molecule has 8 heteroatoms. The topological polar surface area (TPSA) is 96.5 Å². The Bertz CT molecular complexity index is 1180. The molecule has 0 bridgehead atoms. The van der Waals surface area contributed by atoms with Crippen LogP contribution in [0.25, 0.3) is 6.08 Å². The van der Waals surface area contributed by atoms with Crippen molar-refractivity contribution >= 4 is 39.1 Å². The van der Waals surface area contributed by atoms with Crippen LogP contribution in [0.2, 0.25) is 0 Å². The Kier molecular flexibility index (Phi) is 7.07. The Hall–Kier alpha value is -3.62. The first-order chi connectivity index (χ1) is 14.9. The highest BCUT2D eigenvalue weighted by molar-refractivity contribution is 7.89. The highest BCUT2D eigenvalue weighted by atomic mass is 32.2. The summed E-state index contributed by atoms with van der Waals surface area (Å²) >= 11 is 0. The normalized spacial score (nSPS) is 11.3. The molecule has 0 unspecified atom stereocenters. The Labute approximate surface area is 181 Å². The second-order valence-corrected chi connectivity index (χ2v) is 8.36. The molecule has 0 aliphatic rings. The molecule has 7 nitrogen and oxygen atoms in total. The molecule has 0 spiro atoms. The summed E-state index contributed by atoms with van der Waals surface area (Å²) in [6, 6.07) is 21.7. The van der Waals surface area contributed by atoms with Gasteiger partial charge in [0.1, 0.15) is 10.6 Å². The first kappa shape index (κ1) is 22.1. The third kappa shape index (κ3) is 5.94. The molecule has 1 amide bonds. The average molecular weight is 438 g/mol. The van der Waals surface area contributed by atoms with Crippen LogP contribution >= 0.6 is 0 Å². The third-order valence-corrected chi connectivity index (χ3v) is 5.82. The van der Waals surface area contributed by atoms with Gasteiger partial charge in [0.15, 0.2) is 0 Å². The Morgan fingerprint density at radius 3 is 2.19 bits per heavy atom. The third-order valence-electron chi connectivity index (χ3n) is 4.39. The van der Waals surface area contributed by atoms with Gasteiger partial charge in [-0.1, -0.05) is 24.3 Å². The minimum Gasteiger partial charge on any atom is -0.495 e. The number of amides is 1. The van der Waals surface area contributed by atoms with Gasteiger partial charge in [0.25, 0.3) is 0 Å². The van der Waals surface area contributed by atoms with Gasteiger partial charge in [0.2, 0.25) is 15.9 Å². The van der Waals surface area contributed by atoms with Crippen molar-refractivity contribution in [1.82, 2.24) is 4.72 Å². The number of rotatable bonds is 8. The van der Waals surface area contributed by atoms with E-state index in [-0.39, 0.29) is 16.6 Å². The minimum atomic E-state index is -3.69. The molecule has 0 heterocycles. The molecule has 0 fully saturated rings. The van der Waals surface area contributed by atoms with Crippen molar-refractivity contribution in [2.45, 2.75) is 4.90 Å². The van der Waals surface area contributed by atoms with E-state index in [1.165, 1.54) is 32.4 Å². The van der Waals surface area contributed by atoms with E-state index in [1.54, 1.807) is 24.3 Å². The first-order valence-electron chi connectivity index (χ1n) is 9.44. The molecule has 0 aliphatic heterocycles. The van der Waals surface area contributed by atoms with Crippen LogP contribution in [-0.4, -0.2) is 28.5 Å². The largest absolute Gasteiger partial charge is 0.495 e. The molecule has 3 rings (SSSR count). The number of anilines is 3. The minimum absolute atomic E-state index is 0.00145. The lowest BCUT2D eigenvalue weighted by molar-refractivity contribution is -0.111. The average Bonchev–Trinajstić information content (AvgIpc) is 2.79. The molecule has 0 radical (unpaired) electrons. The van der Waals surface area contributed by atoms with Gasteiger partial charge in [-0.15, -0.1) is 0 Å². The summed E-state index contributed by atoms with van der Waals surface area (Å²) in [4.78, 5) is 12.3.